The molecule has 5 heteroatoms. The van der Waals surface area contributed by atoms with E-state index in [0.29, 0.717) is 13.0 Å². The summed E-state index contributed by atoms with van der Waals surface area (Å²) in [5, 5.41) is 8.92. The van der Waals surface area contributed by atoms with Gasteiger partial charge in [-0.25, -0.2) is 0 Å². The first-order valence-corrected chi connectivity index (χ1v) is 7.04. The van der Waals surface area contributed by atoms with Gasteiger partial charge in [-0.3, -0.25) is 9.69 Å². The van der Waals surface area contributed by atoms with E-state index in [-0.39, 0.29) is 18.6 Å². The largest absolute Gasteiger partial charge is 0.395 e. The first-order chi connectivity index (χ1) is 8.67. The van der Waals surface area contributed by atoms with Crippen LogP contribution >= 0.6 is 0 Å². The number of carbonyl (C=O) groups is 1. The summed E-state index contributed by atoms with van der Waals surface area (Å²) < 4.78 is 0. The lowest BCUT2D eigenvalue weighted by Crippen LogP contribution is -2.38. The Bertz CT molecular complexity index is 248. The first kappa shape index (κ1) is 15.4. The summed E-state index contributed by atoms with van der Waals surface area (Å²) in [5.41, 5.74) is 5.91. The van der Waals surface area contributed by atoms with E-state index in [4.69, 9.17) is 10.8 Å². The second-order valence-corrected chi connectivity index (χ2v) is 5.05. The number of hydrogen-bond donors (Lipinski definition) is 2. The normalized spacial score (nSPS) is 19.6. The minimum atomic E-state index is -0.000650. The van der Waals surface area contributed by atoms with Crippen molar-refractivity contribution in [1.82, 2.24) is 9.80 Å². The van der Waals surface area contributed by atoms with Crippen molar-refractivity contribution in [1.29, 1.82) is 0 Å². The maximum atomic E-state index is 12.1. The molecule has 1 atom stereocenters. The Kier molecular flexibility index (Phi) is 7.23. The molecule has 1 heterocycles. The number of nitrogens with two attached hydrogens (primary N) is 1. The van der Waals surface area contributed by atoms with Crippen LogP contribution in [0.1, 0.15) is 32.6 Å². The van der Waals surface area contributed by atoms with Crippen LogP contribution < -0.4 is 5.73 Å². The molecular formula is C13H27N3O2. The van der Waals surface area contributed by atoms with Gasteiger partial charge in [0.25, 0.3) is 0 Å². The Morgan fingerprint density at radius 2 is 2.11 bits per heavy atom. The molecule has 1 amide bonds. The topological polar surface area (TPSA) is 69.8 Å². The molecule has 1 aliphatic heterocycles. The van der Waals surface area contributed by atoms with Crippen molar-refractivity contribution in [3.63, 3.8) is 0 Å². The monoisotopic (exact) mass is 257 g/mol. The number of amides is 1. The van der Waals surface area contributed by atoms with Crippen LogP contribution in [0.25, 0.3) is 0 Å². The molecule has 106 valence electrons. The van der Waals surface area contributed by atoms with Crippen LogP contribution in [0.5, 0.6) is 0 Å². The van der Waals surface area contributed by atoms with Gasteiger partial charge in [0.15, 0.2) is 0 Å². The van der Waals surface area contributed by atoms with Crippen LogP contribution in [-0.2, 0) is 4.79 Å². The van der Waals surface area contributed by atoms with Gasteiger partial charge in [0, 0.05) is 38.6 Å². The van der Waals surface area contributed by atoms with Crippen LogP contribution in [0.3, 0.4) is 0 Å². The molecule has 0 radical (unpaired) electrons. The fourth-order valence-electron chi connectivity index (χ4n) is 2.41. The van der Waals surface area contributed by atoms with E-state index < -0.39 is 0 Å². The SMILES string of the molecule is CCCC(N)CC(=O)N1CCCN(CCO)CC1. The van der Waals surface area contributed by atoms with Gasteiger partial charge in [0.2, 0.25) is 5.91 Å². The van der Waals surface area contributed by atoms with Crippen molar-refractivity contribution in [2.75, 3.05) is 39.3 Å². The fourth-order valence-corrected chi connectivity index (χ4v) is 2.41. The summed E-state index contributed by atoms with van der Waals surface area (Å²) in [7, 11) is 0. The van der Waals surface area contributed by atoms with E-state index in [2.05, 4.69) is 11.8 Å². The fraction of sp³-hybridized carbons (Fsp3) is 0.923. The summed E-state index contributed by atoms with van der Waals surface area (Å²) in [5.74, 6) is 0.182. The highest BCUT2D eigenvalue weighted by Gasteiger charge is 2.20. The van der Waals surface area contributed by atoms with Gasteiger partial charge in [-0.2, -0.15) is 0 Å². The molecule has 18 heavy (non-hydrogen) atoms. The molecule has 1 unspecified atom stereocenters. The predicted molar refractivity (Wildman–Crippen MR) is 72.2 cm³/mol. The lowest BCUT2D eigenvalue weighted by atomic mass is 10.1. The van der Waals surface area contributed by atoms with Gasteiger partial charge in [-0.1, -0.05) is 13.3 Å². The smallest absolute Gasteiger partial charge is 0.224 e. The van der Waals surface area contributed by atoms with E-state index in [1.807, 2.05) is 4.90 Å². The number of nitrogens with zero attached hydrogens (tertiary/aromatic N) is 2. The number of aliphatic hydroxyl groups excluding tert-OH is 1. The molecule has 0 aromatic rings. The number of hydrogen-bond acceptors (Lipinski definition) is 4. The Hall–Kier alpha value is -0.650. The third kappa shape index (κ3) is 5.33. The first-order valence-electron chi connectivity index (χ1n) is 7.04. The number of β-amino-alcohol motifs (C(OH)–C–C–N with tert-alkyl or cyclic N) is 1. The van der Waals surface area contributed by atoms with Gasteiger partial charge in [0.1, 0.15) is 0 Å². The van der Waals surface area contributed by atoms with Crippen molar-refractivity contribution in [2.24, 2.45) is 5.73 Å². The molecule has 0 aromatic heterocycles. The molecule has 5 nitrogen and oxygen atoms in total. The highest BCUT2D eigenvalue weighted by Crippen LogP contribution is 2.07. The third-order valence-electron chi connectivity index (χ3n) is 3.45. The van der Waals surface area contributed by atoms with E-state index in [9.17, 15) is 4.79 Å². The van der Waals surface area contributed by atoms with Gasteiger partial charge < -0.3 is 15.7 Å². The van der Waals surface area contributed by atoms with Gasteiger partial charge in [0.05, 0.1) is 6.61 Å². The highest BCUT2D eigenvalue weighted by molar-refractivity contribution is 5.76. The van der Waals surface area contributed by atoms with E-state index in [1.165, 1.54) is 0 Å². The van der Waals surface area contributed by atoms with E-state index in [0.717, 1.165) is 45.4 Å². The maximum absolute atomic E-state index is 12.1. The quantitative estimate of drug-likeness (QED) is 0.704. The lowest BCUT2D eigenvalue weighted by Gasteiger charge is -2.23. The second kappa shape index (κ2) is 8.45. The Morgan fingerprint density at radius 3 is 2.78 bits per heavy atom. The molecule has 1 aliphatic rings. The summed E-state index contributed by atoms with van der Waals surface area (Å²) in [6, 6.07) is -0.000650. The molecular weight excluding hydrogens is 230 g/mol. The average Bonchev–Trinajstić information content (AvgIpc) is 2.55. The summed E-state index contributed by atoms with van der Waals surface area (Å²) in [6.07, 6.45) is 3.39. The highest BCUT2D eigenvalue weighted by atomic mass is 16.3. The van der Waals surface area contributed by atoms with Crippen molar-refractivity contribution < 1.29 is 9.90 Å². The van der Waals surface area contributed by atoms with Crippen molar-refractivity contribution >= 4 is 5.91 Å². The van der Waals surface area contributed by atoms with Crippen LogP contribution in [0.2, 0.25) is 0 Å². The minimum absolute atomic E-state index is 0.000650. The molecule has 1 saturated heterocycles. The second-order valence-electron chi connectivity index (χ2n) is 5.05. The van der Waals surface area contributed by atoms with Crippen molar-refractivity contribution in [3.05, 3.63) is 0 Å². The number of aliphatic hydroxyl groups is 1. The molecule has 0 aromatic carbocycles. The Labute approximate surface area is 110 Å². The summed E-state index contributed by atoms with van der Waals surface area (Å²) in [6.45, 7) is 6.38. The Morgan fingerprint density at radius 1 is 1.33 bits per heavy atom. The predicted octanol–water partition coefficient (Wildman–Crippen LogP) is 0.0305. The van der Waals surface area contributed by atoms with Gasteiger partial charge in [-0.15, -0.1) is 0 Å². The zero-order valence-corrected chi connectivity index (χ0v) is 11.5. The minimum Gasteiger partial charge on any atom is -0.395 e. The zero-order chi connectivity index (χ0) is 13.4. The van der Waals surface area contributed by atoms with Crippen LogP contribution in [0, 0.1) is 0 Å². The average molecular weight is 257 g/mol. The summed E-state index contributed by atoms with van der Waals surface area (Å²) in [4.78, 5) is 16.2. The molecule has 0 bridgehead atoms. The van der Waals surface area contributed by atoms with Gasteiger partial charge in [-0.05, 0) is 19.4 Å². The molecule has 3 N–H and O–H groups in total. The van der Waals surface area contributed by atoms with Crippen molar-refractivity contribution in [3.8, 4) is 0 Å². The zero-order valence-electron chi connectivity index (χ0n) is 11.5. The molecule has 1 rings (SSSR count). The standard InChI is InChI=1S/C13H27N3O2/c1-2-4-12(14)11-13(18)16-6-3-5-15(7-8-16)9-10-17/h12,17H,2-11,14H2,1H3. The maximum Gasteiger partial charge on any atom is 0.224 e. The third-order valence-corrected chi connectivity index (χ3v) is 3.45. The van der Waals surface area contributed by atoms with Crippen LogP contribution in [-0.4, -0.2) is 66.2 Å². The van der Waals surface area contributed by atoms with Gasteiger partial charge >= 0.3 is 0 Å². The van der Waals surface area contributed by atoms with E-state index >= 15 is 0 Å². The van der Waals surface area contributed by atoms with Crippen molar-refractivity contribution in [2.45, 2.75) is 38.6 Å². The molecule has 0 saturated carbocycles. The van der Waals surface area contributed by atoms with Crippen LogP contribution in [0.15, 0.2) is 0 Å². The molecule has 0 aliphatic carbocycles. The summed E-state index contributed by atoms with van der Waals surface area (Å²) >= 11 is 0. The van der Waals surface area contributed by atoms with Crippen LogP contribution in [0.4, 0.5) is 0 Å². The number of carbonyl (C=O) groups excluding carboxylic acids is 1. The Balaban J connectivity index is 2.35. The van der Waals surface area contributed by atoms with E-state index in [1.54, 1.807) is 0 Å². The number of rotatable bonds is 6. The molecule has 1 fully saturated rings. The lowest BCUT2D eigenvalue weighted by molar-refractivity contribution is -0.131. The molecule has 0 spiro atoms.